The van der Waals surface area contributed by atoms with Crippen molar-refractivity contribution in [1.82, 2.24) is 19.7 Å². The van der Waals surface area contributed by atoms with Gasteiger partial charge in [-0.25, -0.2) is 4.98 Å². The number of thiophene rings is 1. The fraction of sp³-hybridized carbons (Fsp3) is 0.294. The molecule has 0 spiro atoms. The molecule has 7 nitrogen and oxygen atoms in total. The second-order valence-electron chi connectivity index (χ2n) is 6.06. The molecule has 26 heavy (non-hydrogen) atoms. The van der Waals surface area contributed by atoms with E-state index in [2.05, 4.69) is 20.4 Å². The van der Waals surface area contributed by atoms with Gasteiger partial charge >= 0.3 is 0 Å². The fourth-order valence-corrected chi connectivity index (χ4v) is 3.00. The van der Waals surface area contributed by atoms with Crippen molar-refractivity contribution in [3.05, 3.63) is 45.7 Å². The third kappa shape index (κ3) is 3.86. The van der Waals surface area contributed by atoms with Crippen LogP contribution in [0.5, 0.6) is 0 Å². The Kier molecular flexibility index (Phi) is 5.24. The highest BCUT2D eigenvalue weighted by molar-refractivity contribution is 7.13. The number of carbonyl (C=O) groups excluding carboxylic acids is 1. The molecular formula is C17H18ClN5O2S. The van der Waals surface area contributed by atoms with Gasteiger partial charge in [0.2, 0.25) is 11.9 Å². The molecule has 3 aromatic rings. The van der Waals surface area contributed by atoms with Crippen LogP contribution in [-0.2, 0) is 4.79 Å². The van der Waals surface area contributed by atoms with E-state index >= 15 is 0 Å². The Morgan fingerprint density at radius 1 is 1.35 bits per heavy atom. The second-order valence-corrected chi connectivity index (χ2v) is 7.66. The summed E-state index contributed by atoms with van der Waals surface area (Å²) < 4.78 is 1.42. The van der Waals surface area contributed by atoms with Crippen LogP contribution in [0.3, 0.4) is 0 Å². The van der Waals surface area contributed by atoms with Crippen molar-refractivity contribution in [2.24, 2.45) is 0 Å². The Morgan fingerprint density at radius 2 is 2.12 bits per heavy atom. The van der Waals surface area contributed by atoms with E-state index in [1.54, 1.807) is 13.0 Å². The number of H-pyrrole nitrogens is 1. The molecule has 0 fully saturated rings. The van der Waals surface area contributed by atoms with Crippen LogP contribution in [0, 0.1) is 0 Å². The molecule has 136 valence electrons. The van der Waals surface area contributed by atoms with Crippen LogP contribution in [0.15, 0.2) is 34.4 Å². The second kappa shape index (κ2) is 7.43. The molecule has 0 saturated carbocycles. The minimum Gasteiger partial charge on any atom is -0.309 e. The number of hydrogen-bond donors (Lipinski definition) is 2. The van der Waals surface area contributed by atoms with E-state index in [0.29, 0.717) is 17.2 Å². The number of nitrogens with zero attached hydrogens (tertiary/aromatic N) is 3. The molecule has 1 atom stereocenters. The van der Waals surface area contributed by atoms with Crippen LogP contribution >= 0.6 is 22.9 Å². The predicted octanol–water partition coefficient (Wildman–Crippen LogP) is 3.37. The van der Waals surface area contributed by atoms with Gasteiger partial charge in [0.15, 0.2) is 0 Å². The molecule has 0 aliphatic heterocycles. The SMILES string of the molecule is CC(Cl)C(=O)Nc1cc(-c2cccs2)nn1-c1nc(C(C)C)cc(=O)[nH]1. The maximum absolute atomic E-state index is 12.1. The van der Waals surface area contributed by atoms with Crippen molar-refractivity contribution in [2.45, 2.75) is 32.1 Å². The lowest BCUT2D eigenvalue weighted by Gasteiger charge is -2.10. The van der Waals surface area contributed by atoms with Gasteiger partial charge in [0.05, 0.1) is 10.6 Å². The summed E-state index contributed by atoms with van der Waals surface area (Å²) in [6.45, 7) is 5.48. The lowest BCUT2D eigenvalue weighted by atomic mass is 10.1. The number of rotatable bonds is 5. The number of aromatic nitrogens is 4. The molecule has 0 aliphatic carbocycles. The number of aromatic amines is 1. The Bertz CT molecular complexity index is 975. The normalized spacial score (nSPS) is 12.3. The highest BCUT2D eigenvalue weighted by atomic mass is 35.5. The average Bonchev–Trinajstić information content (AvgIpc) is 3.23. The van der Waals surface area contributed by atoms with E-state index in [9.17, 15) is 9.59 Å². The summed E-state index contributed by atoms with van der Waals surface area (Å²) in [4.78, 5) is 32.2. The summed E-state index contributed by atoms with van der Waals surface area (Å²) in [7, 11) is 0. The van der Waals surface area contributed by atoms with E-state index in [-0.39, 0.29) is 23.3 Å². The average molecular weight is 392 g/mol. The molecule has 2 N–H and O–H groups in total. The van der Waals surface area contributed by atoms with E-state index in [0.717, 1.165) is 4.88 Å². The van der Waals surface area contributed by atoms with Gasteiger partial charge in [0.25, 0.3) is 5.56 Å². The van der Waals surface area contributed by atoms with E-state index in [1.165, 1.54) is 22.1 Å². The lowest BCUT2D eigenvalue weighted by Crippen LogP contribution is -2.23. The van der Waals surface area contributed by atoms with Gasteiger partial charge in [0, 0.05) is 12.1 Å². The Hall–Kier alpha value is -2.45. The monoisotopic (exact) mass is 391 g/mol. The van der Waals surface area contributed by atoms with Gasteiger partial charge in [-0.15, -0.1) is 22.9 Å². The van der Waals surface area contributed by atoms with Crippen molar-refractivity contribution in [3.8, 4) is 16.5 Å². The number of amides is 1. The topological polar surface area (TPSA) is 92.7 Å². The molecule has 1 amide bonds. The van der Waals surface area contributed by atoms with Crippen molar-refractivity contribution in [3.63, 3.8) is 0 Å². The highest BCUT2D eigenvalue weighted by Crippen LogP contribution is 2.27. The first-order valence-corrected chi connectivity index (χ1v) is 9.37. The summed E-state index contributed by atoms with van der Waals surface area (Å²) in [6.07, 6.45) is 0. The molecule has 0 saturated heterocycles. The Morgan fingerprint density at radius 3 is 2.73 bits per heavy atom. The smallest absolute Gasteiger partial charge is 0.252 e. The van der Waals surface area contributed by atoms with Gasteiger partial charge in [-0.05, 0) is 24.3 Å². The Balaban J connectivity index is 2.13. The van der Waals surface area contributed by atoms with Gasteiger partial charge in [-0.1, -0.05) is 19.9 Å². The molecule has 9 heteroatoms. The zero-order valence-corrected chi connectivity index (χ0v) is 16.1. The number of nitrogens with one attached hydrogen (secondary N) is 2. The van der Waals surface area contributed by atoms with Crippen LogP contribution in [0.4, 0.5) is 5.82 Å². The number of alkyl halides is 1. The molecule has 3 rings (SSSR count). The first-order chi connectivity index (χ1) is 12.3. The zero-order chi connectivity index (χ0) is 18.8. The van der Waals surface area contributed by atoms with Gasteiger partial charge in [0.1, 0.15) is 16.9 Å². The minimum atomic E-state index is -0.711. The molecule has 0 aliphatic rings. The maximum atomic E-state index is 12.1. The minimum absolute atomic E-state index is 0.0734. The third-order valence-corrected chi connectivity index (χ3v) is 4.73. The number of anilines is 1. The summed E-state index contributed by atoms with van der Waals surface area (Å²) in [5.74, 6) is 0.327. The zero-order valence-electron chi connectivity index (χ0n) is 14.5. The van der Waals surface area contributed by atoms with Crippen LogP contribution in [0.25, 0.3) is 16.5 Å². The van der Waals surface area contributed by atoms with Crippen LogP contribution < -0.4 is 10.9 Å². The Labute approximate surface area is 159 Å². The molecule has 3 aromatic heterocycles. The molecule has 0 bridgehead atoms. The van der Waals surface area contributed by atoms with Crippen LogP contribution in [0.2, 0.25) is 0 Å². The van der Waals surface area contributed by atoms with Gasteiger partial charge < -0.3 is 5.32 Å². The van der Waals surface area contributed by atoms with Gasteiger partial charge in [-0.2, -0.15) is 9.78 Å². The first-order valence-electron chi connectivity index (χ1n) is 8.05. The summed E-state index contributed by atoms with van der Waals surface area (Å²) in [6, 6.07) is 7.02. The van der Waals surface area contributed by atoms with Gasteiger partial charge in [-0.3, -0.25) is 14.6 Å². The van der Waals surface area contributed by atoms with Crippen LogP contribution in [0.1, 0.15) is 32.4 Å². The van der Waals surface area contributed by atoms with Crippen LogP contribution in [-0.4, -0.2) is 31.0 Å². The molecule has 0 radical (unpaired) electrons. The fourth-order valence-electron chi connectivity index (χ4n) is 2.26. The quantitative estimate of drug-likeness (QED) is 0.652. The van der Waals surface area contributed by atoms with E-state index < -0.39 is 5.38 Å². The number of carbonyl (C=O) groups is 1. The van der Waals surface area contributed by atoms with Crippen molar-refractivity contribution in [1.29, 1.82) is 0 Å². The lowest BCUT2D eigenvalue weighted by molar-refractivity contribution is -0.115. The molecule has 3 heterocycles. The van der Waals surface area contributed by atoms with Crippen molar-refractivity contribution < 1.29 is 4.79 Å². The largest absolute Gasteiger partial charge is 0.309 e. The van der Waals surface area contributed by atoms with Crippen molar-refractivity contribution in [2.75, 3.05) is 5.32 Å². The summed E-state index contributed by atoms with van der Waals surface area (Å²) >= 11 is 7.38. The maximum Gasteiger partial charge on any atom is 0.252 e. The standard InChI is InChI=1S/C17H18ClN5O2S/c1-9(2)11-8-15(24)21-17(19-11)23-14(20-16(25)10(3)18)7-12(22-23)13-5-4-6-26-13/h4-10H,1-3H3,(H,20,25)(H,19,21,24). The van der Waals surface area contributed by atoms with Crippen molar-refractivity contribution >= 4 is 34.7 Å². The molecule has 0 aromatic carbocycles. The summed E-state index contributed by atoms with van der Waals surface area (Å²) in [5.41, 5.74) is 1.02. The molecular weight excluding hydrogens is 374 g/mol. The van der Waals surface area contributed by atoms with E-state index in [1.807, 2.05) is 31.4 Å². The number of hydrogen-bond acceptors (Lipinski definition) is 5. The highest BCUT2D eigenvalue weighted by Gasteiger charge is 2.18. The third-order valence-electron chi connectivity index (χ3n) is 3.64. The molecule has 1 unspecified atom stereocenters. The number of halogens is 1. The summed E-state index contributed by atoms with van der Waals surface area (Å²) in [5, 5.41) is 8.47. The van der Waals surface area contributed by atoms with E-state index in [4.69, 9.17) is 11.6 Å². The predicted molar refractivity (Wildman–Crippen MR) is 103 cm³/mol. The first kappa shape index (κ1) is 18.3.